The summed E-state index contributed by atoms with van der Waals surface area (Å²) in [6, 6.07) is 0. The SMILES string of the molecule is CC1CCCOC1I. The molecule has 1 fully saturated rings. The third-order valence-corrected chi connectivity index (χ3v) is 3.12. The van der Waals surface area contributed by atoms with Gasteiger partial charge in [0.15, 0.2) is 0 Å². The molecule has 1 aliphatic rings. The number of hydrogen-bond donors (Lipinski definition) is 0. The number of alkyl halides is 1. The minimum atomic E-state index is 0.473. The smallest absolute Gasteiger partial charge is 0.111 e. The zero-order valence-corrected chi connectivity index (χ0v) is 7.22. The average Bonchev–Trinajstić information content (AvgIpc) is 1.77. The van der Waals surface area contributed by atoms with Crippen LogP contribution >= 0.6 is 22.6 Å². The second-order valence-corrected chi connectivity index (χ2v) is 3.57. The Balaban J connectivity index is 2.28. The van der Waals surface area contributed by atoms with E-state index in [1.165, 1.54) is 12.8 Å². The van der Waals surface area contributed by atoms with Crippen LogP contribution in [-0.2, 0) is 4.74 Å². The van der Waals surface area contributed by atoms with E-state index in [-0.39, 0.29) is 0 Å². The van der Waals surface area contributed by atoms with E-state index in [2.05, 4.69) is 29.5 Å². The monoisotopic (exact) mass is 226 g/mol. The maximum Gasteiger partial charge on any atom is 0.111 e. The van der Waals surface area contributed by atoms with Crippen molar-refractivity contribution in [1.82, 2.24) is 0 Å². The van der Waals surface area contributed by atoms with Crippen LogP contribution in [0.2, 0.25) is 0 Å². The fraction of sp³-hybridized carbons (Fsp3) is 1.00. The Morgan fingerprint density at radius 3 is 2.75 bits per heavy atom. The van der Waals surface area contributed by atoms with Crippen molar-refractivity contribution >= 4 is 22.6 Å². The molecule has 0 aromatic rings. The highest BCUT2D eigenvalue weighted by molar-refractivity contribution is 14.1. The maximum absolute atomic E-state index is 5.38. The van der Waals surface area contributed by atoms with E-state index in [1.807, 2.05) is 0 Å². The Morgan fingerprint density at radius 2 is 2.38 bits per heavy atom. The van der Waals surface area contributed by atoms with Crippen molar-refractivity contribution in [1.29, 1.82) is 0 Å². The number of rotatable bonds is 0. The summed E-state index contributed by atoms with van der Waals surface area (Å²) in [6.07, 6.45) is 2.59. The van der Waals surface area contributed by atoms with E-state index < -0.39 is 0 Å². The molecule has 1 heterocycles. The van der Waals surface area contributed by atoms with Gasteiger partial charge in [0.05, 0.1) is 0 Å². The Labute approximate surface area is 63.9 Å². The van der Waals surface area contributed by atoms with Crippen LogP contribution in [0.15, 0.2) is 0 Å². The van der Waals surface area contributed by atoms with Crippen LogP contribution in [0, 0.1) is 5.92 Å². The molecule has 0 aromatic carbocycles. The molecule has 0 radical (unpaired) electrons. The van der Waals surface area contributed by atoms with Crippen molar-refractivity contribution in [2.75, 3.05) is 6.61 Å². The van der Waals surface area contributed by atoms with Crippen LogP contribution in [0.25, 0.3) is 0 Å². The van der Waals surface area contributed by atoms with Crippen LogP contribution in [0.4, 0.5) is 0 Å². The van der Waals surface area contributed by atoms with Crippen molar-refractivity contribution < 1.29 is 4.74 Å². The highest BCUT2D eigenvalue weighted by Crippen LogP contribution is 2.24. The van der Waals surface area contributed by atoms with Crippen LogP contribution in [0.1, 0.15) is 19.8 Å². The summed E-state index contributed by atoms with van der Waals surface area (Å²) in [4.78, 5) is 0. The Kier molecular flexibility index (Phi) is 2.56. The lowest BCUT2D eigenvalue weighted by Crippen LogP contribution is -2.21. The molecule has 1 rings (SSSR count). The van der Waals surface area contributed by atoms with Gasteiger partial charge >= 0.3 is 0 Å². The lowest BCUT2D eigenvalue weighted by atomic mass is 10.1. The maximum atomic E-state index is 5.38. The minimum absolute atomic E-state index is 0.473. The van der Waals surface area contributed by atoms with Gasteiger partial charge in [-0.3, -0.25) is 0 Å². The zero-order chi connectivity index (χ0) is 5.98. The zero-order valence-electron chi connectivity index (χ0n) is 5.06. The van der Waals surface area contributed by atoms with Gasteiger partial charge in [0, 0.05) is 6.61 Å². The molecule has 0 spiro atoms. The van der Waals surface area contributed by atoms with Gasteiger partial charge in [-0.05, 0) is 18.8 Å². The summed E-state index contributed by atoms with van der Waals surface area (Å²) < 4.78 is 5.85. The highest BCUT2D eigenvalue weighted by atomic mass is 127. The predicted molar refractivity (Wildman–Crippen MR) is 42.2 cm³/mol. The van der Waals surface area contributed by atoms with E-state index in [4.69, 9.17) is 4.74 Å². The summed E-state index contributed by atoms with van der Waals surface area (Å²) in [5, 5.41) is 0. The first-order valence-electron chi connectivity index (χ1n) is 3.06. The standard InChI is InChI=1S/C6H11IO/c1-5-3-2-4-8-6(5)7/h5-6H,2-4H2,1H3. The topological polar surface area (TPSA) is 9.23 Å². The van der Waals surface area contributed by atoms with Gasteiger partial charge in [0.1, 0.15) is 4.11 Å². The molecule has 2 heteroatoms. The van der Waals surface area contributed by atoms with Crippen LogP contribution in [0.5, 0.6) is 0 Å². The van der Waals surface area contributed by atoms with Gasteiger partial charge in [-0.1, -0.05) is 29.5 Å². The van der Waals surface area contributed by atoms with Gasteiger partial charge in [-0.15, -0.1) is 0 Å². The van der Waals surface area contributed by atoms with Crippen LogP contribution < -0.4 is 0 Å². The lowest BCUT2D eigenvalue weighted by Gasteiger charge is -2.23. The first-order valence-corrected chi connectivity index (χ1v) is 4.31. The molecule has 8 heavy (non-hydrogen) atoms. The summed E-state index contributed by atoms with van der Waals surface area (Å²) in [5.74, 6) is 0.768. The molecule has 0 N–H and O–H groups in total. The number of ether oxygens (including phenoxy) is 1. The second kappa shape index (κ2) is 3.01. The molecule has 2 unspecified atom stereocenters. The molecule has 1 saturated heterocycles. The van der Waals surface area contributed by atoms with Crippen molar-refractivity contribution in [3.63, 3.8) is 0 Å². The van der Waals surface area contributed by atoms with Crippen LogP contribution in [0.3, 0.4) is 0 Å². The summed E-state index contributed by atoms with van der Waals surface area (Å²) in [5.41, 5.74) is 0. The van der Waals surface area contributed by atoms with Crippen LogP contribution in [-0.4, -0.2) is 10.7 Å². The molecule has 0 amide bonds. The highest BCUT2D eigenvalue weighted by Gasteiger charge is 2.17. The number of halogens is 1. The molecular weight excluding hydrogens is 215 g/mol. The fourth-order valence-corrected chi connectivity index (χ4v) is 1.51. The third kappa shape index (κ3) is 1.58. The Morgan fingerprint density at radius 1 is 1.62 bits per heavy atom. The van der Waals surface area contributed by atoms with E-state index in [0.717, 1.165) is 12.5 Å². The summed E-state index contributed by atoms with van der Waals surface area (Å²) >= 11 is 2.36. The van der Waals surface area contributed by atoms with Crippen molar-refractivity contribution in [2.24, 2.45) is 5.92 Å². The van der Waals surface area contributed by atoms with Crippen molar-refractivity contribution in [2.45, 2.75) is 23.9 Å². The van der Waals surface area contributed by atoms with Crippen molar-refractivity contribution in [3.05, 3.63) is 0 Å². The van der Waals surface area contributed by atoms with Gasteiger partial charge in [0.25, 0.3) is 0 Å². The van der Waals surface area contributed by atoms with E-state index in [9.17, 15) is 0 Å². The van der Waals surface area contributed by atoms with E-state index in [0.29, 0.717) is 4.11 Å². The van der Waals surface area contributed by atoms with Gasteiger partial charge in [-0.2, -0.15) is 0 Å². The predicted octanol–water partition coefficient (Wildman–Crippen LogP) is 2.19. The average molecular weight is 226 g/mol. The normalized spacial score (nSPS) is 39.8. The summed E-state index contributed by atoms with van der Waals surface area (Å²) in [7, 11) is 0. The molecule has 48 valence electrons. The quantitative estimate of drug-likeness (QED) is 0.454. The molecule has 2 atom stereocenters. The first-order chi connectivity index (χ1) is 3.80. The molecule has 0 aliphatic carbocycles. The molecule has 0 saturated carbocycles. The second-order valence-electron chi connectivity index (χ2n) is 2.34. The molecule has 0 aromatic heterocycles. The van der Waals surface area contributed by atoms with Gasteiger partial charge < -0.3 is 4.74 Å². The molecule has 0 bridgehead atoms. The molecule has 1 aliphatic heterocycles. The van der Waals surface area contributed by atoms with Crippen molar-refractivity contribution in [3.8, 4) is 0 Å². The Bertz CT molecular complexity index is 64.9. The third-order valence-electron chi connectivity index (χ3n) is 1.53. The van der Waals surface area contributed by atoms with Gasteiger partial charge in [0.2, 0.25) is 0 Å². The fourth-order valence-electron chi connectivity index (χ4n) is 0.897. The molecular formula is C6H11IO. The number of hydrogen-bond acceptors (Lipinski definition) is 1. The first kappa shape index (κ1) is 6.81. The largest absolute Gasteiger partial charge is 0.368 e. The molecule has 1 nitrogen and oxygen atoms in total. The lowest BCUT2D eigenvalue weighted by molar-refractivity contribution is 0.0477. The Hall–Kier alpha value is 0.690. The van der Waals surface area contributed by atoms with E-state index >= 15 is 0 Å². The minimum Gasteiger partial charge on any atom is -0.368 e. The van der Waals surface area contributed by atoms with Gasteiger partial charge in [-0.25, -0.2) is 0 Å². The summed E-state index contributed by atoms with van der Waals surface area (Å²) in [6.45, 7) is 3.22. The van der Waals surface area contributed by atoms with E-state index in [1.54, 1.807) is 0 Å².